The molecule has 1 heteroatoms. The highest BCUT2D eigenvalue weighted by Crippen LogP contribution is 2.24. The Morgan fingerprint density at radius 1 is 0.800 bits per heavy atom. The Balaban J connectivity index is -0.000000364. The van der Waals surface area contributed by atoms with Gasteiger partial charge < -0.3 is 4.90 Å². The Hall–Kier alpha value is -0.980. The minimum absolute atomic E-state index is 1.06. The van der Waals surface area contributed by atoms with Crippen LogP contribution in [0.15, 0.2) is 24.3 Å². The largest absolute Gasteiger partial charge is 0.372 e. The van der Waals surface area contributed by atoms with Crippen LogP contribution in [-0.4, -0.2) is 13.1 Å². The lowest BCUT2D eigenvalue weighted by atomic mass is 9.88. The first-order chi connectivity index (χ1) is 12.2. The zero-order chi connectivity index (χ0) is 20.1. The predicted molar refractivity (Wildman–Crippen MR) is 121 cm³/mol. The van der Waals surface area contributed by atoms with Crippen molar-refractivity contribution in [3.05, 3.63) is 29.8 Å². The first-order valence-electron chi connectivity index (χ1n) is 11.0. The van der Waals surface area contributed by atoms with Gasteiger partial charge in [-0.3, -0.25) is 0 Å². The summed E-state index contributed by atoms with van der Waals surface area (Å²) in [5.41, 5.74) is 2.70. The normalized spacial score (nSPS) is 11.6. The van der Waals surface area contributed by atoms with Crippen molar-refractivity contribution < 1.29 is 0 Å². The van der Waals surface area contributed by atoms with Crippen LogP contribution in [0.25, 0.3) is 0 Å². The number of anilines is 1. The summed E-state index contributed by atoms with van der Waals surface area (Å²) in [5.74, 6) is 1.06. The average Bonchev–Trinajstić information content (AvgIpc) is 2.66. The van der Waals surface area contributed by atoms with E-state index in [2.05, 4.69) is 56.9 Å². The molecule has 150 valence electrons. The van der Waals surface area contributed by atoms with Crippen LogP contribution in [0.2, 0.25) is 0 Å². The lowest BCUT2D eigenvalue weighted by Crippen LogP contribution is -2.24. The van der Waals surface area contributed by atoms with Gasteiger partial charge in [-0.25, -0.2) is 0 Å². The second-order valence-corrected chi connectivity index (χ2v) is 5.86. The molecule has 1 fully saturated rings. The topological polar surface area (TPSA) is 3.24 Å². The summed E-state index contributed by atoms with van der Waals surface area (Å²) in [4.78, 5) is 2.46. The Morgan fingerprint density at radius 3 is 1.40 bits per heavy atom. The van der Waals surface area contributed by atoms with Crippen LogP contribution in [0.3, 0.4) is 0 Å². The van der Waals surface area contributed by atoms with Crippen molar-refractivity contribution in [2.24, 2.45) is 5.92 Å². The van der Waals surface area contributed by atoms with E-state index in [0.717, 1.165) is 19.0 Å². The number of rotatable bonds is 5. The predicted octanol–water partition coefficient (Wildman–Crippen LogP) is 8.51. The fourth-order valence-electron chi connectivity index (χ4n) is 2.28. The molecule has 0 unspecified atom stereocenters. The molecule has 1 aliphatic rings. The van der Waals surface area contributed by atoms with Crippen LogP contribution >= 0.6 is 0 Å². The molecular formula is C24H49N. The minimum Gasteiger partial charge on any atom is -0.372 e. The Bertz CT molecular complexity index is 318. The molecule has 25 heavy (non-hydrogen) atoms. The number of aryl methyl sites for hydroxylation is 1. The van der Waals surface area contributed by atoms with Crippen LogP contribution in [0.1, 0.15) is 100.0 Å². The molecule has 1 aromatic carbocycles. The molecule has 1 saturated carbocycles. The molecule has 0 saturated heterocycles. The third kappa shape index (κ3) is 16.2. The zero-order valence-electron chi connectivity index (χ0n) is 19.3. The second kappa shape index (κ2) is 23.0. The van der Waals surface area contributed by atoms with Gasteiger partial charge in [0, 0.05) is 18.8 Å². The summed E-state index contributed by atoms with van der Waals surface area (Å²) in [6, 6.07) is 8.82. The number of hydrogen-bond donors (Lipinski definition) is 0. The summed E-state index contributed by atoms with van der Waals surface area (Å²) in [6.07, 6.45) is 6.89. The molecule has 0 radical (unpaired) electrons. The number of nitrogens with zero attached hydrogens (tertiary/aromatic N) is 1. The molecule has 0 aliphatic heterocycles. The lowest BCUT2D eigenvalue weighted by molar-refractivity contribution is 0.346. The van der Waals surface area contributed by atoms with Crippen LogP contribution in [-0.2, 0) is 0 Å². The number of hydrogen-bond acceptors (Lipinski definition) is 1. The lowest BCUT2D eigenvalue weighted by Gasteiger charge is -2.23. The maximum atomic E-state index is 2.46. The van der Waals surface area contributed by atoms with Gasteiger partial charge in [-0.15, -0.1) is 0 Å². The molecule has 0 amide bonds. The third-order valence-electron chi connectivity index (χ3n) is 3.78. The molecule has 0 heterocycles. The molecule has 1 nitrogen and oxygen atoms in total. The van der Waals surface area contributed by atoms with E-state index < -0.39 is 0 Å². The van der Waals surface area contributed by atoms with Crippen molar-refractivity contribution >= 4 is 5.69 Å². The summed E-state index contributed by atoms with van der Waals surface area (Å²) in [5, 5.41) is 0. The summed E-state index contributed by atoms with van der Waals surface area (Å²) < 4.78 is 0. The van der Waals surface area contributed by atoms with Gasteiger partial charge in [0.15, 0.2) is 0 Å². The highest BCUT2D eigenvalue weighted by atomic mass is 15.1. The smallest absolute Gasteiger partial charge is 0.0366 e. The Labute approximate surface area is 161 Å². The molecule has 0 N–H and O–H groups in total. The van der Waals surface area contributed by atoms with Gasteiger partial charge in [-0.2, -0.15) is 0 Å². The fourth-order valence-corrected chi connectivity index (χ4v) is 2.28. The Morgan fingerprint density at radius 2 is 1.16 bits per heavy atom. The SMILES string of the molecule is CC.CC.CC.CC1CCC1.CCCN(CCC)c1ccc(C)cc1. The first-order valence-corrected chi connectivity index (χ1v) is 11.0. The van der Waals surface area contributed by atoms with E-state index in [-0.39, 0.29) is 0 Å². The molecule has 1 aliphatic carbocycles. The molecule has 1 aromatic rings. The van der Waals surface area contributed by atoms with Gasteiger partial charge in [-0.1, -0.05) is 99.3 Å². The average molecular weight is 352 g/mol. The van der Waals surface area contributed by atoms with E-state index in [1.807, 2.05) is 41.5 Å². The van der Waals surface area contributed by atoms with Crippen molar-refractivity contribution in [2.75, 3.05) is 18.0 Å². The van der Waals surface area contributed by atoms with Gasteiger partial charge in [-0.05, 0) is 37.8 Å². The van der Waals surface area contributed by atoms with Gasteiger partial charge in [0.05, 0.1) is 0 Å². The third-order valence-corrected chi connectivity index (χ3v) is 3.78. The van der Waals surface area contributed by atoms with Crippen LogP contribution in [0.5, 0.6) is 0 Å². The van der Waals surface area contributed by atoms with E-state index in [4.69, 9.17) is 0 Å². The zero-order valence-corrected chi connectivity index (χ0v) is 19.3. The van der Waals surface area contributed by atoms with Gasteiger partial charge in [0.25, 0.3) is 0 Å². The van der Waals surface area contributed by atoms with Gasteiger partial charge >= 0.3 is 0 Å². The monoisotopic (exact) mass is 351 g/mol. The van der Waals surface area contributed by atoms with Crippen molar-refractivity contribution in [3.63, 3.8) is 0 Å². The molecule has 0 bridgehead atoms. The van der Waals surface area contributed by atoms with Crippen LogP contribution in [0.4, 0.5) is 5.69 Å². The summed E-state index contributed by atoms with van der Waals surface area (Å²) in [7, 11) is 0. The van der Waals surface area contributed by atoms with E-state index in [0.29, 0.717) is 0 Å². The highest BCUT2D eigenvalue weighted by Gasteiger charge is 2.09. The molecule has 0 atom stereocenters. The highest BCUT2D eigenvalue weighted by molar-refractivity contribution is 5.47. The molecular weight excluding hydrogens is 302 g/mol. The molecule has 2 rings (SSSR count). The standard InChI is InChI=1S/C13H21N.C5H10.3C2H6/c1-4-10-14(11-5-2)13-8-6-12(3)7-9-13;1-5-3-2-4-5;3*1-2/h6-9H,4-5,10-11H2,1-3H3;5H,2-4H2,1H3;3*1-2H3. The second-order valence-electron chi connectivity index (χ2n) is 5.86. The van der Waals surface area contributed by atoms with E-state index >= 15 is 0 Å². The van der Waals surface area contributed by atoms with Gasteiger partial charge in [0.1, 0.15) is 0 Å². The van der Waals surface area contributed by atoms with Crippen LogP contribution in [0, 0.1) is 12.8 Å². The van der Waals surface area contributed by atoms with Crippen molar-refractivity contribution in [1.82, 2.24) is 0 Å². The quantitative estimate of drug-likeness (QED) is 0.514. The van der Waals surface area contributed by atoms with Gasteiger partial charge in [0.2, 0.25) is 0 Å². The maximum Gasteiger partial charge on any atom is 0.0366 e. The van der Waals surface area contributed by atoms with Crippen molar-refractivity contribution in [1.29, 1.82) is 0 Å². The van der Waals surface area contributed by atoms with E-state index in [1.165, 1.54) is 43.4 Å². The molecule has 0 spiro atoms. The Kier molecular flexibility index (Phi) is 26.5. The van der Waals surface area contributed by atoms with Crippen molar-refractivity contribution in [3.8, 4) is 0 Å². The summed E-state index contributed by atoms with van der Waals surface area (Å²) >= 11 is 0. The number of benzene rings is 1. The maximum absolute atomic E-state index is 2.46. The molecule has 0 aromatic heterocycles. The summed E-state index contributed by atoms with van der Waals surface area (Å²) in [6.45, 7) is 23.2. The first kappa shape index (κ1) is 28.8. The minimum atomic E-state index is 1.06. The fraction of sp³-hybridized carbons (Fsp3) is 0.750. The van der Waals surface area contributed by atoms with Crippen LogP contribution < -0.4 is 4.90 Å². The van der Waals surface area contributed by atoms with E-state index in [9.17, 15) is 0 Å². The van der Waals surface area contributed by atoms with Crippen molar-refractivity contribution in [2.45, 2.75) is 101 Å². The van der Waals surface area contributed by atoms with E-state index in [1.54, 1.807) is 0 Å².